The normalized spacial score (nSPS) is 24.1. The van der Waals surface area contributed by atoms with Gasteiger partial charge in [-0.25, -0.2) is 9.97 Å². The highest BCUT2D eigenvalue weighted by Gasteiger charge is 2.44. The van der Waals surface area contributed by atoms with E-state index in [1.807, 2.05) is 18.2 Å². The smallest absolute Gasteiger partial charge is 0.229 e. The van der Waals surface area contributed by atoms with Crippen LogP contribution in [0.3, 0.4) is 0 Å². The molecule has 3 heterocycles. The minimum atomic E-state index is 0.128. The van der Waals surface area contributed by atoms with Gasteiger partial charge in [-0.2, -0.15) is 4.98 Å². The number of aryl methyl sites for hydroxylation is 1. The molecule has 2 fully saturated rings. The molecule has 0 N–H and O–H groups in total. The Hall–Kier alpha value is -2.60. The molecule has 6 nitrogen and oxygen atoms in total. The molecule has 0 amide bonds. The molecule has 6 heteroatoms. The van der Waals surface area contributed by atoms with E-state index in [0.717, 1.165) is 55.6 Å². The molecular formula is C23H25N5O. The number of nitrogens with zero attached hydrogens (tertiary/aromatic N) is 5. The molecule has 2 aromatic heterocycles. The molecule has 0 radical (unpaired) electrons. The zero-order chi connectivity index (χ0) is 19.3. The van der Waals surface area contributed by atoms with Crippen molar-refractivity contribution in [2.75, 3.05) is 13.1 Å². The summed E-state index contributed by atoms with van der Waals surface area (Å²) in [4.78, 5) is 16.9. The lowest BCUT2D eigenvalue weighted by atomic mass is 9.77. The molecule has 0 bridgehead atoms. The largest absolute Gasteiger partial charge is 0.339 e. The number of piperidine rings is 1. The van der Waals surface area contributed by atoms with Crippen molar-refractivity contribution >= 4 is 0 Å². The van der Waals surface area contributed by atoms with E-state index in [-0.39, 0.29) is 5.41 Å². The first-order valence-corrected chi connectivity index (χ1v) is 10.8. The average Bonchev–Trinajstić information content (AvgIpc) is 3.43. The predicted molar refractivity (Wildman–Crippen MR) is 108 cm³/mol. The van der Waals surface area contributed by atoms with Crippen LogP contribution in [-0.2, 0) is 18.4 Å². The average molecular weight is 387 g/mol. The minimum absolute atomic E-state index is 0.128. The Morgan fingerprint density at radius 3 is 2.86 bits per heavy atom. The van der Waals surface area contributed by atoms with Crippen LogP contribution in [0.1, 0.15) is 61.0 Å². The molecule has 3 aliphatic rings. The van der Waals surface area contributed by atoms with E-state index < -0.39 is 0 Å². The Morgan fingerprint density at radius 2 is 2.00 bits per heavy atom. The summed E-state index contributed by atoms with van der Waals surface area (Å²) in [7, 11) is 0. The van der Waals surface area contributed by atoms with Gasteiger partial charge in [-0.3, -0.25) is 4.90 Å². The summed E-state index contributed by atoms with van der Waals surface area (Å²) >= 11 is 0. The van der Waals surface area contributed by atoms with Crippen LogP contribution >= 0.6 is 0 Å². The summed E-state index contributed by atoms with van der Waals surface area (Å²) < 4.78 is 5.46. The van der Waals surface area contributed by atoms with E-state index in [1.165, 1.54) is 36.9 Å². The maximum Gasteiger partial charge on any atom is 0.229 e. The molecule has 3 aromatic rings. The lowest BCUT2D eigenvalue weighted by Crippen LogP contribution is -2.45. The van der Waals surface area contributed by atoms with Gasteiger partial charge in [0.1, 0.15) is 0 Å². The summed E-state index contributed by atoms with van der Waals surface area (Å²) in [5, 5.41) is 4.23. The van der Waals surface area contributed by atoms with Crippen molar-refractivity contribution in [3.05, 3.63) is 59.5 Å². The first-order chi connectivity index (χ1) is 14.3. The van der Waals surface area contributed by atoms with Crippen LogP contribution in [0.15, 0.2) is 41.1 Å². The van der Waals surface area contributed by atoms with Crippen LogP contribution in [0.25, 0.3) is 11.4 Å². The molecule has 2 aliphatic carbocycles. The number of aromatic nitrogens is 4. The number of hydrogen-bond acceptors (Lipinski definition) is 6. The SMILES string of the molecule is c1ccc(-c2ncc3c(n2)C2(CCCN(Cc4noc(C5CC5)n4)C2)CC3)cc1. The quantitative estimate of drug-likeness (QED) is 0.677. The fourth-order valence-corrected chi connectivity index (χ4v) is 5.05. The summed E-state index contributed by atoms with van der Waals surface area (Å²) in [5.41, 5.74) is 3.80. The highest BCUT2D eigenvalue weighted by atomic mass is 16.5. The Bertz CT molecular complexity index is 1020. The van der Waals surface area contributed by atoms with Crippen LogP contribution in [0.4, 0.5) is 0 Å². The van der Waals surface area contributed by atoms with Crippen molar-refractivity contribution in [3.8, 4) is 11.4 Å². The monoisotopic (exact) mass is 387 g/mol. The van der Waals surface area contributed by atoms with Gasteiger partial charge in [0, 0.05) is 29.6 Å². The highest BCUT2D eigenvalue weighted by Crippen LogP contribution is 2.44. The van der Waals surface area contributed by atoms with Gasteiger partial charge in [0.2, 0.25) is 5.89 Å². The van der Waals surface area contributed by atoms with Crippen molar-refractivity contribution in [2.24, 2.45) is 0 Å². The molecule has 148 valence electrons. The van der Waals surface area contributed by atoms with Crippen molar-refractivity contribution in [2.45, 2.75) is 56.4 Å². The Balaban J connectivity index is 1.26. The third-order valence-electron chi connectivity index (χ3n) is 6.70. The number of fused-ring (bicyclic) bond motifs is 2. The van der Waals surface area contributed by atoms with E-state index >= 15 is 0 Å². The standard InChI is InChI=1S/C23H25N5O/c1-2-5-16(6-3-1)21-24-13-18-9-11-23(20(18)26-21)10-4-12-28(15-23)14-19-25-22(29-27-19)17-7-8-17/h1-3,5-6,13,17H,4,7-12,14-15H2. The molecule has 1 aromatic carbocycles. The topological polar surface area (TPSA) is 67.9 Å². The zero-order valence-electron chi connectivity index (χ0n) is 16.5. The Labute approximate surface area is 170 Å². The van der Waals surface area contributed by atoms with Crippen LogP contribution in [0.5, 0.6) is 0 Å². The zero-order valence-corrected chi connectivity index (χ0v) is 16.5. The van der Waals surface area contributed by atoms with E-state index in [1.54, 1.807) is 0 Å². The molecule has 1 saturated carbocycles. The predicted octanol–water partition coefficient (Wildman–Crippen LogP) is 3.88. The highest BCUT2D eigenvalue weighted by molar-refractivity contribution is 5.55. The van der Waals surface area contributed by atoms with Crippen molar-refractivity contribution in [1.82, 2.24) is 25.0 Å². The van der Waals surface area contributed by atoms with Crippen LogP contribution in [-0.4, -0.2) is 38.1 Å². The van der Waals surface area contributed by atoms with Crippen molar-refractivity contribution in [1.29, 1.82) is 0 Å². The molecule has 1 saturated heterocycles. The Kier molecular flexibility index (Phi) is 4.01. The van der Waals surface area contributed by atoms with Gasteiger partial charge < -0.3 is 4.52 Å². The fraction of sp³-hybridized carbons (Fsp3) is 0.478. The van der Waals surface area contributed by atoms with Crippen LogP contribution < -0.4 is 0 Å². The first kappa shape index (κ1) is 17.3. The lowest BCUT2D eigenvalue weighted by Gasteiger charge is -2.40. The number of hydrogen-bond donors (Lipinski definition) is 0. The molecule has 1 atom stereocenters. The van der Waals surface area contributed by atoms with Gasteiger partial charge in [0.05, 0.1) is 12.2 Å². The maximum absolute atomic E-state index is 5.46. The molecule has 29 heavy (non-hydrogen) atoms. The van der Waals surface area contributed by atoms with E-state index in [2.05, 4.69) is 38.4 Å². The van der Waals surface area contributed by atoms with Gasteiger partial charge in [-0.05, 0) is 50.6 Å². The van der Waals surface area contributed by atoms with Crippen molar-refractivity contribution in [3.63, 3.8) is 0 Å². The molecule has 1 unspecified atom stereocenters. The maximum atomic E-state index is 5.46. The van der Waals surface area contributed by atoms with Crippen LogP contribution in [0.2, 0.25) is 0 Å². The molecule has 1 spiro atoms. The van der Waals surface area contributed by atoms with E-state index in [4.69, 9.17) is 9.51 Å². The van der Waals surface area contributed by atoms with Crippen molar-refractivity contribution < 1.29 is 4.52 Å². The van der Waals surface area contributed by atoms with Gasteiger partial charge in [-0.15, -0.1) is 0 Å². The minimum Gasteiger partial charge on any atom is -0.339 e. The second-order valence-electron chi connectivity index (χ2n) is 8.85. The summed E-state index contributed by atoms with van der Waals surface area (Å²) in [6.07, 6.45) is 9.04. The third kappa shape index (κ3) is 3.15. The molecular weight excluding hydrogens is 362 g/mol. The summed E-state index contributed by atoms with van der Waals surface area (Å²) in [6, 6.07) is 10.3. The summed E-state index contributed by atoms with van der Waals surface area (Å²) in [6.45, 7) is 2.86. The summed E-state index contributed by atoms with van der Waals surface area (Å²) in [5.74, 6) is 3.02. The third-order valence-corrected chi connectivity index (χ3v) is 6.70. The van der Waals surface area contributed by atoms with E-state index in [0.29, 0.717) is 5.92 Å². The number of rotatable bonds is 4. The second kappa shape index (κ2) is 6.73. The van der Waals surface area contributed by atoms with E-state index in [9.17, 15) is 0 Å². The number of likely N-dealkylation sites (tertiary alicyclic amines) is 1. The molecule has 1 aliphatic heterocycles. The Morgan fingerprint density at radius 1 is 1.10 bits per heavy atom. The fourth-order valence-electron chi connectivity index (χ4n) is 5.05. The second-order valence-corrected chi connectivity index (χ2v) is 8.85. The van der Waals surface area contributed by atoms with Gasteiger partial charge in [0.25, 0.3) is 0 Å². The van der Waals surface area contributed by atoms with Gasteiger partial charge in [0.15, 0.2) is 11.6 Å². The van der Waals surface area contributed by atoms with Crippen LogP contribution in [0, 0.1) is 0 Å². The van der Waals surface area contributed by atoms with Gasteiger partial charge in [-0.1, -0.05) is 35.5 Å². The lowest BCUT2D eigenvalue weighted by molar-refractivity contribution is 0.133. The molecule has 6 rings (SSSR count). The van der Waals surface area contributed by atoms with Gasteiger partial charge >= 0.3 is 0 Å². The first-order valence-electron chi connectivity index (χ1n) is 10.8. The number of benzene rings is 1.